The van der Waals surface area contributed by atoms with Gasteiger partial charge in [0.25, 0.3) is 0 Å². The minimum Gasteiger partial charge on any atom is -0.481 e. The van der Waals surface area contributed by atoms with E-state index < -0.39 is 0 Å². The monoisotopic (exact) mass is 350 g/mol. The van der Waals surface area contributed by atoms with E-state index in [-0.39, 0.29) is 12.6 Å². The van der Waals surface area contributed by atoms with Crippen molar-refractivity contribution in [3.8, 4) is 5.75 Å². The van der Waals surface area contributed by atoms with Crippen LogP contribution < -0.4 is 10.1 Å². The number of benzene rings is 1. The number of aryl methyl sites for hydroxylation is 2. The van der Waals surface area contributed by atoms with Gasteiger partial charge in [-0.15, -0.1) is 0 Å². The lowest BCUT2D eigenvalue weighted by molar-refractivity contribution is -0.142. The highest BCUT2D eigenvalue weighted by Crippen LogP contribution is 2.25. The van der Waals surface area contributed by atoms with Crippen molar-refractivity contribution in [2.24, 2.45) is 0 Å². The summed E-state index contributed by atoms with van der Waals surface area (Å²) >= 11 is 0. The molecule has 1 N–H and O–H groups in total. The Hall–Kier alpha value is -1.63. The van der Waals surface area contributed by atoms with Gasteiger partial charge in [-0.1, -0.05) is 12.1 Å². The van der Waals surface area contributed by atoms with Crippen LogP contribution >= 0.6 is 0 Å². The normalized spacial score (nSPS) is 16.5. The van der Waals surface area contributed by atoms with Gasteiger partial charge in [0.15, 0.2) is 6.61 Å². The molecule has 1 fully saturated rings. The van der Waals surface area contributed by atoms with Gasteiger partial charge in [-0.2, -0.15) is 0 Å². The lowest BCUT2D eigenvalue weighted by Gasteiger charge is -2.29. The molecule has 25 heavy (non-hydrogen) atoms. The number of morpholine rings is 1. The summed E-state index contributed by atoms with van der Waals surface area (Å²) in [5.74, 6) is 0.386. The zero-order valence-corrected chi connectivity index (χ0v) is 15.8. The van der Waals surface area contributed by atoms with Gasteiger partial charge >= 0.3 is 5.97 Å². The molecule has 140 valence electrons. The highest BCUT2D eigenvalue weighted by molar-refractivity contribution is 5.71. The number of hydrogen-bond donors (Lipinski definition) is 1. The average molecular weight is 350 g/mol. The van der Waals surface area contributed by atoms with Crippen LogP contribution in [0.1, 0.15) is 23.6 Å². The zero-order valence-electron chi connectivity index (χ0n) is 15.8. The summed E-state index contributed by atoms with van der Waals surface area (Å²) in [7, 11) is 1.36. The minimum absolute atomic E-state index is 0.0631. The van der Waals surface area contributed by atoms with Gasteiger partial charge in [-0.3, -0.25) is 4.90 Å². The Morgan fingerprint density at radius 3 is 2.52 bits per heavy atom. The highest BCUT2D eigenvalue weighted by Gasteiger charge is 2.14. The van der Waals surface area contributed by atoms with Crippen molar-refractivity contribution >= 4 is 5.97 Å². The summed E-state index contributed by atoms with van der Waals surface area (Å²) in [4.78, 5) is 13.7. The molecule has 0 radical (unpaired) electrons. The van der Waals surface area contributed by atoms with E-state index in [9.17, 15) is 4.79 Å². The predicted molar refractivity (Wildman–Crippen MR) is 97.0 cm³/mol. The fourth-order valence-electron chi connectivity index (χ4n) is 3.09. The van der Waals surface area contributed by atoms with E-state index in [0.717, 1.165) is 56.3 Å². The Kier molecular flexibility index (Phi) is 7.68. The highest BCUT2D eigenvalue weighted by atomic mass is 16.6. The molecule has 0 amide bonds. The van der Waals surface area contributed by atoms with Crippen LogP contribution in [0, 0.1) is 13.8 Å². The van der Waals surface area contributed by atoms with Gasteiger partial charge < -0.3 is 19.5 Å². The first kappa shape index (κ1) is 19.7. The van der Waals surface area contributed by atoms with Crippen LogP contribution in [0.5, 0.6) is 5.75 Å². The smallest absolute Gasteiger partial charge is 0.343 e. The number of nitrogens with zero attached hydrogens (tertiary/aromatic N) is 1. The summed E-state index contributed by atoms with van der Waals surface area (Å²) in [6.45, 7) is 11.7. The molecular weight excluding hydrogens is 320 g/mol. The van der Waals surface area contributed by atoms with Gasteiger partial charge in [-0.05, 0) is 37.5 Å². The van der Waals surface area contributed by atoms with Crippen molar-refractivity contribution in [3.05, 3.63) is 28.8 Å². The molecule has 0 aliphatic carbocycles. The number of carbonyl (C=O) groups is 1. The molecule has 1 unspecified atom stereocenters. The van der Waals surface area contributed by atoms with Crippen molar-refractivity contribution in [2.45, 2.75) is 33.4 Å². The number of rotatable bonds is 8. The molecule has 1 aliphatic heterocycles. The number of nitrogens with one attached hydrogen (secondary N) is 1. The fraction of sp³-hybridized carbons (Fsp3) is 0.632. The average Bonchev–Trinajstić information content (AvgIpc) is 2.60. The Balaban J connectivity index is 1.86. The fourth-order valence-corrected chi connectivity index (χ4v) is 3.09. The van der Waals surface area contributed by atoms with E-state index in [4.69, 9.17) is 9.47 Å². The molecule has 1 heterocycles. The second-order valence-corrected chi connectivity index (χ2v) is 6.62. The maximum absolute atomic E-state index is 11.2. The summed E-state index contributed by atoms with van der Waals surface area (Å²) in [5.41, 5.74) is 3.28. The molecule has 0 aromatic heterocycles. The summed E-state index contributed by atoms with van der Waals surface area (Å²) in [5, 5.41) is 3.58. The number of esters is 1. The van der Waals surface area contributed by atoms with E-state index in [2.05, 4.69) is 34.0 Å². The molecular formula is C19H30N2O4. The van der Waals surface area contributed by atoms with Crippen molar-refractivity contribution in [3.63, 3.8) is 0 Å². The first-order valence-electron chi connectivity index (χ1n) is 8.82. The molecule has 1 aromatic carbocycles. The molecule has 0 saturated carbocycles. The maximum Gasteiger partial charge on any atom is 0.343 e. The minimum atomic E-state index is -0.374. The lowest BCUT2D eigenvalue weighted by atomic mass is 10.1. The second-order valence-electron chi connectivity index (χ2n) is 6.62. The van der Waals surface area contributed by atoms with E-state index >= 15 is 0 Å². The third kappa shape index (κ3) is 6.30. The molecule has 1 aromatic rings. The Morgan fingerprint density at radius 1 is 1.28 bits per heavy atom. The van der Waals surface area contributed by atoms with Crippen molar-refractivity contribution in [2.75, 3.05) is 46.6 Å². The van der Waals surface area contributed by atoms with Crippen LogP contribution in [0.3, 0.4) is 0 Å². The van der Waals surface area contributed by atoms with Crippen LogP contribution in [0.15, 0.2) is 12.1 Å². The van der Waals surface area contributed by atoms with Crippen LogP contribution in [0.4, 0.5) is 0 Å². The lowest BCUT2D eigenvalue weighted by Crippen LogP contribution is -2.44. The molecule has 1 aliphatic rings. The topological polar surface area (TPSA) is 60.0 Å². The zero-order chi connectivity index (χ0) is 18.2. The number of carbonyl (C=O) groups excluding carboxylic acids is 1. The molecule has 1 atom stereocenters. The van der Waals surface area contributed by atoms with Crippen LogP contribution in [0.25, 0.3) is 0 Å². The molecule has 6 nitrogen and oxygen atoms in total. The van der Waals surface area contributed by atoms with Gasteiger partial charge in [0.2, 0.25) is 0 Å². The van der Waals surface area contributed by atoms with E-state index in [0.29, 0.717) is 6.04 Å². The third-order valence-corrected chi connectivity index (χ3v) is 4.37. The quantitative estimate of drug-likeness (QED) is 0.720. The van der Waals surface area contributed by atoms with E-state index in [1.165, 1.54) is 12.7 Å². The molecule has 0 bridgehead atoms. The van der Waals surface area contributed by atoms with Gasteiger partial charge in [0, 0.05) is 32.2 Å². The van der Waals surface area contributed by atoms with Crippen LogP contribution in [-0.2, 0) is 20.8 Å². The van der Waals surface area contributed by atoms with Crippen LogP contribution in [-0.4, -0.2) is 63.5 Å². The van der Waals surface area contributed by atoms with Crippen molar-refractivity contribution in [1.29, 1.82) is 0 Å². The van der Waals surface area contributed by atoms with E-state index in [1.54, 1.807) is 0 Å². The van der Waals surface area contributed by atoms with Crippen molar-refractivity contribution in [1.82, 2.24) is 10.2 Å². The predicted octanol–water partition coefficient (Wildman–Crippen LogP) is 1.67. The second kappa shape index (κ2) is 9.75. The van der Waals surface area contributed by atoms with E-state index in [1.807, 2.05) is 13.8 Å². The summed E-state index contributed by atoms with van der Waals surface area (Å²) < 4.78 is 15.6. The van der Waals surface area contributed by atoms with Crippen LogP contribution in [0.2, 0.25) is 0 Å². The standard InChI is InChI=1S/C19H30N2O4/c1-14-9-17(10-15(2)19(14)25-13-18(22)23-4)11-20-16(3)12-21-5-7-24-8-6-21/h9-10,16,20H,5-8,11-13H2,1-4H3. The van der Waals surface area contributed by atoms with Crippen molar-refractivity contribution < 1.29 is 19.0 Å². The SMILES string of the molecule is COC(=O)COc1c(C)cc(CNC(C)CN2CCOCC2)cc1C. The maximum atomic E-state index is 11.2. The molecule has 0 spiro atoms. The molecule has 2 rings (SSSR count). The third-order valence-electron chi connectivity index (χ3n) is 4.37. The first-order valence-corrected chi connectivity index (χ1v) is 8.82. The summed E-state index contributed by atoms with van der Waals surface area (Å²) in [6.07, 6.45) is 0. The van der Waals surface area contributed by atoms with Gasteiger partial charge in [0.05, 0.1) is 20.3 Å². The first-order chi connectivity index (χ1) is 12.0. The summed E-state index contributed by atoms with van der Waals surface area (Å²) in [6, 6.07) is 4.62. The Bertz CT molecular complexity index is 548. The van der Waals surface area contributed by atoms with Gasteiger partial charge in [0.1, 0.15) is 5.75 Å². The number of ether oxygens (including phenoxy) is 3. The Labute approximate surface area is 150 Å². The molecule has 6 heteroatoms. The largest absolute Gasteiger partial charge is 0.481 e. The Morgan fingerprint density at radius 2 is 1.92 bits per heavy atom. The van der Waals surface area contributed by atoms with Gasteiger partial charge in [-0.25, -0.2) is 4.79 Å². The number of methoxy groups -OCH3 is 1. The molecule has 1 saturated heterocycles. The number of hydrogen-bond acceptors (Lipinski definition) is 6.